The van der Waals surface area contributed by atoms with Crippen molar-refractivity contribution in [2.24, 2.45) is 0 Å². The maximum Gasteiger partial charge on any atom is 0.281 e. The van der Waals surface area contributed by atoms with E-state index in [-0.39, 0.29) is 5.03 Å². The molecule has 1 aliphatic heterocycles. The molecule has 0 atom stereocenters. The molecule has 3 rings (SSSR count). The van der Waals surface area contributed by atoms with Gasteiger partial charge in [-0.3, -0.25) is 4.31 Å². The number of hydrogen-bond donors (Lipinski definition) is 1. The van der Waals surface area contributed by atoms with E-state index in [0.717, 1.165) is 17.7 Å². The van der Waals surface area contributed by atoms with Crippen LogP contribution in [0.15, 0.2) is 35.5 Å². The smallest absolute Gasteiger partial charge is 0.281 e. The van der Waals surface area contributed by atoms with Crippen molar-refractivity contribution in [2.75, 3.05) is 10.8 Å². The Balaban J connectivity index is 2.07. The molecule has 6 heteroatoms. The van der Waals surface area contributed by atoms with E-state index < -0.39 is 10.0 Å². The minimum Gasteiger partial charge on any atom is -0.332 e. The lowest BCUT2D eigenvalue weighted by atomic mass is 10.2. The number of imidazole rings is 1. The van der Waals surface area contributed by atoms with Gasteiger partial charge in [0.15, 0.2) is 5.03 Å². The van der Waals surface area contributed by atoms with E-state index in [2.05, 4.69) is 9.97 Å². The van der Waals surface area contributed by atoms with Gasteiger partial charge >= 0.3 is 0 Å². The lowest BCUT2D eigenvalue weighted by molar-refractivity contribution is 0.589. The monoisotopic (exact) mass is 263 g/mol. The topological polar surface area (TPSA) is 66.1 Å². The molecule has 0 saturated carbocycles. The summed E-state index contributed by atoms with van der Waals surface area (Å²) >= 11 is 0. The normalized spacial score (nSPS) is 14.8. The molecule has 94 valence electrons. The van der Waals surface area contributed by atoms with Gasteiger partial charge in [-0.05, 0) is 25.0 Å². The number of rotatable bonds is 2. The van der Waals surface area contributed by atoms with Crippen LogP contribution in [0.25, 0.3) is 0 Å². The van der Waals surface area contributed by atoms with Crippen LogP contribution in [0.1, 0.15) is 11.4 Å². The highest BCUT2D eigenvalue weighted by Gasteiger charge is 2.31. The standard InChI is InChI=1S/C12H13N3O2S/c1-9-13-8-12(14-9)18(16,17)15-7-6-10-4-2-3-5-11(10)15/h2-5,8H,6-7H2,1H3,(H,13,14). The quantitative estimate of drug-likeness (QED) is 0.892. The third-order valence-corrected chi connectivity index (χ3v) is 4.81. The molecule has 2 heterocycles. The largest absolute Gasteiger partial charge is 0.332 e. The number of benzene rings is 1. The Kier molecular flexibility index (Phi) is 2.41. The first-order chi connectivity index (χ1) is 8.59. The Labute approximate surface area is 106 Å². The first-order valence-electron chi connectivity index (χ1n) is 5.71. The third kappa shape index (κ3) is 1.60. The predicted octanol–water partition coefficient (Wildman–Crippen LogP) is 1.47. The number of sulfonamides is 1. The molecule has 0 aliphatic carbocycles. The van der Waals surface area contributed by atoms with Gasteiger partial charge < -0.3 is 4.98 Å². The Morgan fingerprint density at radius 2 is 2.11 bits per heavy atom. The maximum atomic E-state index is 12.5. The average molecular weight is 263 g/mol. The molecule has 18 heavy (non-hydrogen) atoms. The average Bonchev–Trinajstić information content (AvgIpc) is 2.95. The van der Waals surface area contributed by atoms with Crippen molar-refractivity contribution in [2.45, 2.75) is 18.4 Å². The first kappa shape index (κ1) is 11.3. The van der Waals surface area contributed by atoms with E-state index in [4.69, 9.17) is 0 Å². The van der Waals surface area contributed by atoms with Crippen LogP contribution in [0.2, 0.25) is 0 Å². The number of fused-ring (bicyclic) bond motifs is 1. The van der Waals surface area contributed by atoms with Crippen molar-refractivity contribution >= 4 is 15.7 Å². The van der Waals surface area contributed by atoms with Crippen LogP contribution in [0.5, 0.6) is 0 Å². The molecule has 0 fully saturated rings. The molecule has 0 bridgehead atoms. The Morgan fingerprint density at radius 3 is 2.83 bits per heavy atom. The van der Waals surface area contributed by atoms with Gasteiger partial charge in [-0.2, -0.15) is 8.42 Å². The molecule has 0 spiro atoms. The highest BCUT2D eigenvalue weighted by molar-refractivity contribution is 7.92. The number of H-pyrrole nitrogens is 1. The van der Waals surface area contributed by atoms with Gasteiger partial charge in [-0.1, -0.05) is 18.2 Å². The van der Waals surface area contributed by atoms with Crippen LogP contribution in [-0.2, 0) is 16.4 Å². The fourth-order valence-corrected chi connectivity index (χ4v) is 3.67. The number of para-hydroxylation sites is 1. The number of hydrogen-bond acceptors (Lipinski definition) is 3. The fraction of sp³-hybridized carbons (Fsp3) is 0.250. The summed E-state index contributed by atoms with van der Waals surface area (Å²) in [6.07, 6.45) is 2.12. The van der Waals surface area contributed by atoms with Gasteiger partial charge in [0.25, 0.3) is 10.0 Å². The van der Waals surface area contributed by atoms with Crippen LogP contribution in [0.3, 0.4) is 0 Å². The van der Waals surface area contributed by atoms with E-state index in [9.17, 15) is 8.42 Å². The fourth-order valence-electron chi connectivity index (χ4n) is 2.21. The number of nitrogens with one attached hydrogen (secondary N) is 1. The zero-order valence-corrected chi connectivity index (χ0v) is 10.7. The molecule has 0 saturated heterocycles. The zero-order valence-electron chi connectivity index (χ0n) is 9.92. The van der Waals surface area contributed by atoms with Crippen molar-refractivity contribution < 1.29 is 8.42 Å². The third-order valence-electron chi connectivity index (χ3n) is 3.09. The Hall–Kier alpha value is -1.82. The maximum absolute atomic E-state index is 12.5. The Morgan fingerprint density at radius 1 is 1.33 bits per heavy atom. The second-order valence-corrected chi connectivity index (χ2v) is 6.12. The molecule has 1 aromatic carbocycles. The van der Waals surface area contributed by atoms with Crippen LogP contribution in [-0.4, -0.2) is 24.9 Å². The summed E-state index contributed by atoms with van der Waals surface area (Å²) < 4.78 is 26.4. The SMILES string of the molecule is Cc1ncc(S(=O)(=O)N2CCc3ccccc32)[nH]1. The molecule has 0 radical (unpaired) electrons. The summed E-state index contributed by atoms with van der Waals surface area (Å²) in [7, 11) is -3.52. The summed E-state index contributed by atoms with van der Waals surface area (Å²) in [6.45, 7) is 2.22. The van der Waals surface area contributed by atoms with Crippen molar-refractivity contribution in [3.05, 3.63) is 41.9 Å². The van der Waals surface area contributed by atoms with Crippen molar-refractivity contribution in [3.63, 3.8) is 0 Å². The van der Waals surface area contributed by atoms with Gasteiger partial charge in [0, 0.05) is 6.54 Å². The number of nitrogens with zero attached hydrogens (tertiary/aromatic N) is 2. The van der Waals surface area contributed by atoms with E-state index in [1.165, 1.54) is 10.5 Å². The van der Waals surface area contributed by atoms with Gasteiger partial charge in [-0.15, -0.1) is 0 Å². The lowest BCUT2D eigenvalue weighted by Gasteiger charge is -2.18. The van der Waals surface area contributed by atoms with Crippen LogP contribution < -0.4 is 4.31 Å². The summed E-state index contributed by atoms with van der Waals surface area (Å²) in [5, 5.41) is 0.150. The summed E-state index contributed by atoms with van der Waals surface area (Å²) in [6, 6.07) is 7.58. The Bertz CT molecular complexity index is 691. The van der Waals surface area contributed by atoms with Crippen LogP contribution in [0, 0.1) is 6.92 Å². The second kappa shape index (κ2) is 3.84. The molecule has 0 amide bonds. The molecule has 1 aromatic heterocycles. The first-order valence-corrected chi connectivity index (χ1v) is 7.15. The van der Waals surface area contributed by atoms with Gasteiger partial charge in [-0.25, -0.2) is 4.98 Å². The number of aromatic amines is 1. The molecular formula is C12H13N3O2S. The van der Waals surface area contributed by atoms with Gasteiger partial charge in [0.05, 0.1) is 11.9 Å². The molecular weight excluding hydrogens is 250 g/mol. The number of aromatic nitrogens is 2. The summed E-state index contributed by atoms with van der Waals surface area (Å²) in [5.41, 5.74) is 1.84. The predicted molar refractivity (Wildman–Crippen MR) is 68.0 cm³/mol. The minimum atomic E-state index is -3.52. The van der Waals surface area contributed by atoms with Crippen LogP contribution >= 0.6 is 0 Å². The van der Waals surface area contributed by atoms with Gasteiger partial charge in [0.1, 0.15) is 5.82 Å². The number of aryl methyl sites for hydroxylation is 1. The second-order valence-electron chi connectivity index (χ2n) is 4.29. The zero-order chi connectivity index (χ0) is 12.8. The molecule has 2 aromatic rings. The molecule has 1 aliphatic rings. The van der Waals surface area contributed by atoms with Crippen molar-refractivity contribution in [3.8, 4) is 0 Å². The highest BCUT2D eigenvalue weighted by atomic mass is 32.2. The molecule has 5 nitrogen and oxygen atoms in total. The van der Waals surface area contributed by atoms with E-state index in [1.54, 1.807) is 6.92 Å². The number of anilines is 1. The summed E-state index contributed by atoms with van der Waals surface area (Å²) in [4.78, 5) is 6.73. The van der Waals surface area contributed by atoms with Gasteiger partial charge in [0.2, 0.25) is 0 Å². The lowest BCUT2D eigenvalue weighted by Crippen LogP contribution is -2.29. The molecule has 1 N–H and O–H groups in total. The van der Waals surface area contributed by atoms with Crippen molar-refractivity contribution in [1.82, 2.24) is 9.97 Å². The van der Waals surface area contributed by atoms with Crippen LogP contribution in [0.4, 0.5) is 5.69 Å². The van der Waals surface area contributed by atoms with E-state index in [0.29, 0.717) is 12.4 Å². The summed E-state index contributed by atoms with van der Waals surface area (Å²) in [5.74, 6) is 0.598. The highest BCUT2D eigenvalue weighted by Crippen LogP contribution is 2.31. The van der Waals surface area contributed by atoms with E-state index >= 15 is 0 Å². The van der Waals surface area contributed by atoms with E-state index in [1.807, 2.05) is 24.3 Å². The molecule has 0 unspecified atom stereocenters. The minimum absolute atomic E-state index is 0.150. The van der Waals surface area contributed by atoms with Crippen molar-refractivity contribution in [1.29, 1.82) is 0 Å².